The zero-order valence-electron chi connectivity index (χ0n) is 20.0. The van der Waals surface area contributed by atoms with E-state index >= 15 is 0 Å². The standard InChI is InChI=1S/C26H30N4O4S/c1-19-8-7-11-23(16-19)29-35(33,34)24-17-22(13-12-20(24)2)28-25(31)14-15-27-26(32)30(3)18-21-9-5-4-6-10-21/h4-13,16-17,29H,14-15,18H2,1-3H3,(H,27,32)(H,28,31). The number of hydrogen-bond donors (Lipinski definition) is 3. The van der Waals surface area contributed by atoms with Crippen molar-refractivity contribution in [3.05, 3.63) is 89.5 Å². The van der Waals surface area contributed by atoms with Gasteiger partial charge in [0.15, 0.2) is 0 Å². The summed E-state index contributed by atoms with van der Waals surface area (Å²) in [6.45, 7) is 4.17. The van der Waals surface area contributed by atoms with Crippen molar-refractivity contribution in [2.45, 2.75) is 31.7 Å². The molecule has 3 aromatic carbocycles. The van der Waals surface area contributed by atoms with Crippen LogP contribution in [0.5, 0.6) is 0 Å². The number of carbonyl (C=O) groups is 2. The Morgan fingerprint density at radius 2 is 1.63 bits per heavy atom. The third-order valence-electron chi connectivity index (χ3n) is 5.27. The average molecular weight is 495 g/mol. The summed E-state index contributed by atoms with van der Waals surface area (Å²) in [7, 11) is -2.16. The number of anilines is 2. The van der Waals surface area contributed by atoms with Gasteiger partial charge in [-0.05, 0) is 54.8 Å². The molecule has 0 aliphatic rings. The lowest BCUT2D eigenvalue weighted by molar-refractivity contribution is -0.116. The third kappa shape index (κ3) is 7.58. The summed E-state index contributed by atoms with van der Waals surface area (Å²) in [6, 6.07) is 21.1. The number of nitrogens with zero attached hydrogens (tertiary/aromatic N) is 1. The summed E-state index contributed by atoms with van der Waals surface area (Å²) >= 11 is 0. The molecule has 3 rings (SSSR count). The highest BCUT2D eigenvalue weighted by Crippen LogP contribution is 2.23. The molecule has 0 unspecified atom stereocenters. The Morgan fingerprint density at radius 3 is 2.34 bits per heavy atom. The number of carbonyl (C=O) groups excluding carboxylic acids is 2. The molecule has 0 fully saturated rings. The summed E-state index contributed by atoms with van der Waals surface area (Å²) in [5.74, 6) is -0.338. The van der Waals surface area contributed by atoms with Crippen LogP contribution in [0.3, 0.4) is 0 Å². The summed E-state index contributed by atoms with van der Waals surface area (Å²) in [5.41, 5.74) is 3.31. The first-order chi connectivity index (χ1) is 16.6. The highest BCUT2D eigenvalue weighted by atomic mass is 32.2. The highest BCUT2D eigenvalue weighted by molar-refractivity contribution is 7.92. The predicted molar refractivity (Wildman–Crippen MR) is 138 cm³/mol. The average Bonchev–Trinajstić information content (AvgIpc) is 2.80. The molecule has 184 valence electrons. The molecule has 0 saturated heterocycles. The molecule has 0 bridgehead atoms. The molecule has 35 heavy (non-hydrogen) atoms. The molecule has 0 saturated carbocycles. The van der Waals surface area contributed by atoms with Gasteiger partial charge in [0.25, 0.3) is 10.0 Å². The molecule has 0 spiro atoms. The first kappa shape index (κ1) is 25.8. The van der Waals surface area contributed by atoms with Gasteiger partial charge in [0.05, 0.1) is 4.90 Å². The van der Waals surface area contributed by atoms with E-state index in [0.29, 0.717) is 23.5 Å². The van der Waals surface area contributed by atoms with Crippen molar-refractivity contribution in [2.24, 2.45) is 0 Å². The Kier molecular flexibility index (Phi) is 8.48. The van der Waals surface area contributed by atoms with Crippen LogP contribution in [0.15, 0.2) is 77.7 Å². The van der Waals surface area contributed by atoms with E-state index in [1.165, 1.54) is 11.0 Å². The van der Waals surface area contributed by atoms with Crippen LogP contribution in [0.2, 0.25) is 0 Å². The molecule has 3 N–H and O–H groups in total. The fraction of sp³-hybridized carbons (Fsp3) is 0.231. The maximum absolute atomic E-state index is 12.9. The van der Waals surface area contributed by atoms with E-state index in [4.69, 9.17) is 0 Å². The van der Waals surface area contributed by atoms with E-state index in [1.54, 1.807) is 44.3 Å². The van der Waals surface area contributed by atoms with Gasteiger partial charge < -0.3 is 15.5 Å². The van der Waals surface area contributed by atoms with E-state index in [0.717, 1.165) is 11.1 Å². The molecule has 0 aliphatic carbocycles. The van der Waals surface area contributed by atoms with Gasteiger partial charge in [-0.1, -0.05) is 48.5 Å². The molecule has 3 aromatic rings. The maximum Gasteiger partial charge on any atom is 0.317 e. The van der Waals surface area contributed by atoms with Crippen molar-refractivity contribution in [1.82, 2.24) is 10.2 Å². The molecule has 0 aliphatic heterocycles. The van der Waals surface area contributed by atoms with E-state index in [2.05, 4.69) is 15.4 Å². The molecular formula is C26H30N4O4S. The lowest BCUT2D eigenvalue weighted by Crippen LogP contribution is -2.38. The summed E-state index contributed by atoms with van der Waals surface area (Å²) in [6.07, 6.45) is 0.0441. The topological polar surface area (TPSA) is 108 Å². The quantitative estimate of drug-likeness (QED) is 0.413. The second-order valence-electron chi connectivity index (χ2n) is 8.33. The lowest BCUT2D eigenvalue weighted by Gasteiger charge is -2.18. The number of aryl methyl sites for hydroxylation is 2. The van der Waals surface area contributed by atoms with Gasteiger partial charge in [-0.25, -0.2) is 13.2 Å². The number of amides is 3. The maximum atomic E-state index is 12.9. The molecular weight excluding hydrogens is 464 g/mol. The number of urea groups is 1. The zero-order valence-corrected chi connectivity index (χ0v) is 20.9. The Hall–Kier alpha value is -3.85. The monoisotopic (exact) mass is 494 g/mol. The van der Waals surface area contributed by atoms with E-state index in [-0.39, 0.29) is 29.8 Å². The van der Waals surface area contributed by atoms with Crippen LogP contribution < -0.4 is 15.4 Å². The normalized spacial score (nSPS) is 10.9. The molecule has 0 heterocycles. The van der Waals surface area contributed by atoms with Crippen molar-refractivity contribution in [3.8, 4) is 0 Å². The van der Waals surface area contributed by atoms with Gasteiger partial charge in [0.2, 0.25) is 5.91 Å². The third-order valence-corrected chi connectivity index (χ3v) is 6.79. The number of rotatable bonds is 9. The van der Waals surface area contributed by atoms with E-state index < -0.39 is 10.0 Å². The van der Waals surface area contributed by atoms with Crippen LogP contribution in [0.4, 0.5) is 16.2 Å². The minimum Gasteiger partial charge on any atom is -0.337 e. The zero-order chi connectivity index (χ0) is 25.4. The summed E-state index contributed by atoms with van der Waals surface area (Å²) < 4.78 is 28.5. The van der Waals surface area contributed by atoms with Crippen molar-refractivity contribution >= 4 is 33.3 Å². The van der Waals surface area contributed by atoms with E-state index in [1.807, 2.05) is 43.3 Å². The smallest absolute Gasteiger partial charge is 0.317 e. The van der Waals surface area contributed by atoms with Crippen molar-refractivity contribution in [3.63, 3.8) is 0 Å². The minimum atomic E-state index is -3.85. The predicted octanol–water partition coefficient (Wildman–Crippen LogP) is 4.27. The number of benzene rings is 3. The minimum absolute atomic E-state index is 0.0441. The number of hydrogen-bond acceptors (Lipinski definition) is 4. The summed E-state index contributed by atoms with van der Waals surface area (Å²) in [4.78, 5) is 26.3. The molecule has 0 atom stereocenters. The van der Waals surface area contributed by atoms with E-state index in [9.17, 15) is 18.0 Å². The second-order valence-corrected chi connectivity index (χ2v) is 9.98. The fourth-order valence-electron chi connectivity index (χ4n) is 3.46. The van der Waals surface area contributed by atoms with Gasteiger partial charge >= 0.3 is 6.03 Å². The molecule has 9 heteroatoms. The van der Waals surface area contributed by atoms with Crippen molar-refractivity contribution in [2.75, 3.05) is 23.6 Å². The largest absolute Gasteiger partial charge is 0.337 e. The summed E-state index contributed by atoms with van der Waals surface area (Å²) in [5, 5.41) is 5.42. The second kappa shape index (κ2) is 11.5. The Balaban J connectivity index is 1.55. The van der Waals surface area contributed by atoms with Crippen molar-refractivity contribution in [1.29, 1.82) is 0 Å². The fourth-order valence-corrected chi connectivity index (χ4v) is 4.78. The molecule has 8 nitrogen and oxygen atoms in total. The van der Waals surface area contributed by atoms with Crippen LogP contribution in [-0.4, -0.2) is 38.8 Å². The SMILES string of the molecule is Cc1cccc(NS(=O)(=O)c2cc(NC(=O)CCNC(=O)N(C)Cc3ccccc3)ccc2C)c1. The van der Waals surface area contributed by atoms with Gasteiger partial charge in [-0.2, -0.15) is 0 Å². The molecule has 0 radical (unpaired) electrons. The Labute approximate surface area is 206 Å². The van der Waals surface area contributed by atoms with Crippen molar-refractivity contribution < 1.29 is 18.0 Å². The van der Waals surface area contributed by atoms with Gasteiger partial charge in [0, 0.05) is 37.9 Å². The van der Waals surface area contributed by atoms with Crippen LogP contribution >= 0.6 is 0 Å². The van der Waals surface area contributed by atoms with Gasteiger partial charge in [0.1, 0.15) is 0 Å². The molecule has 3 amide bonds. The Bertz CT molecular complexity index is 1290. The van der Waals surface area contributed by atoms with Gasteiger partial charge in [-0.15, -0.1) is 0 Å². The van der Waals surface area contributed by atoms with Crippen LogP contribution in [0.25, 0.3) is 0 Å². The van der Waals surface area contributed by atoms with Crippen LogP contribution in [0.1, 0.15) is 23.1 Å². The lowest BCUT2D eigenvalue weighted by atomic mass is 10.2. The highest BCUT2D eigenvalue weighted by Gasteiger charge is 2.18. The first-order valence-electron chi connectivity index (χ1n) is 11.2. The van der Waals surface area contributed by atoms with Crippen LogP contribution in [0, 0.1) is 13.8 Å². The number of sulfonamides is 1. The number of nitrogens with one attached hydrogen (secondary N) is 3. The first-order valence-corrected chi connectivity index (χ1v) is 12.7. The Morgan fingerprint density at radius 1 is 0.886 bits per heavy atom. The van der Waals surface area contributed by atoms with Gasteiger partial charge in [-0.3, -0.25) is 9.52 Å². The molecule has 0 aromatic heterocycles. The van der Waals surface area contributed by atoms with Crippen LogP contribution in [-0.2, 0) is 21.4 Å².